The zero-order valence-electron chi connectivity index (χ0n) is 22.7. The van der Waals surface area contributed by atoms with Gasteiger partial charge in [0.05, 0.1) is 45.7 Å². The normalized spacial score (nSPS) is 21.3. The van der Waals surface area contributed by atoms with Gasteiger partial charge in [-0.3, -0.25) is 4.52 Å². The van der Waals surface area contributed by atoms with Crippen LogP contribution < -0.4 is 0 Å². The fraction of sp³-hybridized carbons (Fsp3) is 0.419. The maximum absolute atomic E-state index is 6.49. The lowest BCUT2D eigenvalue weighted by Crippen LogP contribution is -2.52. The number of hydrogen-bond acceptors (Lipinski definition) is 7. The SMILES string of the molecule is CCOP(OCC)O[C@@H]1C[C@@H](OCc2ccccc2)[C@H](OCc2ccccc2)[C@@H](COCc2ccccc2)O1. The Balaban J connectivity index is 1.50. The fourth-order valence-corrected chi connectivity index (χ4v) is 5.23. The first-order chi connectivity index (χ1) is 19.2. The van der Waals surface area contributed by atoms with Crippen molar-refractivity contribution in [1.82, 2.24) is 0 Å². The molecule has 0 bridgehead atoms. The third kappa shape index (κ3) is 10.1. The van der Waals surface area contributed by atoms with Crippen molar-refractivity contribution in [3.8, 4) is 0 Å². The first-order valence-corrected chi connectivity index (χ1v) is 14.7. The van der Waals surface area contributed by atoms with E-state index in [1.807, 2.05) is 92.7 Å². The molecule has 7 nitrogen and oxygen atoms in total. The van der Waals surface area contributed by atoms with Gasteiger partial charge in [-0.25, -0.2) is 0 Å². The van der Waals surface area contributed by atoms with Gasteiger partial charge < -0.3 is 28.0 Å². The highest BCUT2D eigenvalue weighted by Crippen LogP contribution is 2.43. The standard InChI is InChI=1S/C31H39O7P/c1-3-35-39(36-4-2)38-30-20-28(33-22-26-16-10-6-11-17-26)31(34-23-27-18-12-7-13-19-27)29(37-30)24-32-21-25-14-8-5-9-15-25/h5-19,28-31H,3-4,20-24H2,1-2H3/t28-,29-,30-,31+/m1/s1. The first-order valence-electron chi connectivity index (χ1n) is 13.6. The Morgan fingerprint density at radius 3 is 1.74 bits per heavy atom. The lowest BCUT2D eigenvalue weighted by molar-refractivity contribution is -0.259. The van der Waals surface area contributed by atoms with E-state index in [-0.39, 0.29) is 12.2 Å². The van der Waals surface area contributed by atoms with E-state index in [9.17, 15) is 0 Å². The van der Waals surface area contributed by atoms with E-state index in [1.54, 1.807) is 0 Å². The molecule has 0 aromatic heterocycles. The van der Waals surface area contributed by atoms with Gasteiger partial charge in [-0.05, 0) is 30.5 Å². The molecule has 4 atom stereocenters. The average Bonchev–Trinajstić information content (AvgIpc) is 2.97. The van der Waals surface area contributed by atoms with Crippen LogP contribution >= 0.6 is 8.60 Å². The Morgan fingerprint density at radius 2 is 1.21 bits per heavy atom. The van der Waals surface area contributed by atoms with Crippen LogP contribution in [0.3, 0.4) is 0 Å². The third-order valence-electron chi connectivity index (χ3n) is 6.14. The molecule has 1 aliphatic heterocycles. The molecule has 1 heterocycles. The quantitative estimate of drug-likeness (QED) is 0.180. The third-order valence-corrected chi connectivity index (χ3v) is 7.49. The van der Waals surface area contributed by atoms with E-state index >= 15 is 0 Å². The molecule has 8 heteroatoms. The van der Waals surface area contributed by atoms with Crippen LogP contribution in [-0.2, 0) is 52.3 Å². The molecule has 3 aromatic carbocycles. The minimum Gasteiger partial charge on any atom is -0.374 e. The molecule has 0 spiro atoms. The van der Waals surface area contributed by atoms with E-state index in [0.717, 1.165) is 16.7 Å². The van der Waals surface area contributed by atoms with Crippen LogP contribution in [0.1, 0.15) is 37.0 Å². The van der Waals surface area contributed by atoms with Crippen molar-refractivity contribution in [2.45, 2.75) is 64.7 Å². The summed E-state index contributed by atoms with van der Waals surface area (Å²) in [4.78, 5) is 0. The number of benzene rings is 3. The summed E-state index contributed by atoms with van der Waals surface area (Å²) in [5.41, 5.74) is 3.26. The zero-order valence-corrected chi connectivity index (χ0v) is 23.6. The lowest BCUT2D eigenvalue weighted by atomic mass is 10.0. The second-order valence-electron chi connectivity index (χ2n) is 9.10. The highest BCUT2D eigenvalue weighted by atomic mass is 31.2. The van der Waals surface area contributed by atoms with Crippen molar-refractivity contribution in [3.63, 3.8) is 0 Å². The molecule has 0 saturated carbocycles. The van der Waals surface area contributed by atoms with Crippen molar-refractivity contribution < 1.29 is 32.5 Å². The van der Waals surface area contributed by atoms with Gasteiger partial charge in [0.15, 0.2) is 6.29 Å². The maximum Gasteiger partial charge on any atom is 0.335 e. The molecule has 1 fully saturated rings. The molecule has 1 saturated heterocycles. The largest absolute Gasteiger partial charge is 0.374 e. The van der Waals surface area contributed by atoms with Crippen LogP contribution in [0.2, 0.25) is 0 Å². The second kappa shape index (κ2) is 16.8. The number of rotatable bonds is 16. The smallest absolute Gasteiger partial charge is 0.335 e. The van der Waals surface area contributed by atoms with Crippen LogP contribution in [0.25, 0.3) is 0 Å². The Labute approximate surface area is 233 Å². The van der Waals surface area contributed by atoms with Gasteiger partial charge in [0.25, 0.3) is 0 Å². The van der Waals surface area contributed by atoms with Gasteiger partial charge >= 0.3 is 8.60 Å². The van der Waals surface area contributed by atoms with Crippen molar-refractivity contribution in [2.75, 3.05) is 19.8 Å². The van der Waals surface area contributed by atoms with E-state index in [1.165, 1.54) is 0 Å². The van der Waals surface area contributed by atoms with Crippen molar-refractivity contribution in [3.05, 3.63) is 108 Å². The predicted octanol–water partition coefficient (Wildman–Crippen LogP) is 6.81. The van der Waals surface area contributed by atoms with E-state index < -0.39 is 21.0 Å². The van der Waals surface area contributed by atoms with Gasteiger partial charge in [0.1, 0.15) is 12.2 Å². The van der Waals surface area contributed by atoms with Gasteiger partial charge in [0, 0.05) is 6.42 Å². The first kappa shape index (κ1) is 29.8. The Morgan fingerprint density at radius 1 is 0.692 bits per heavy atom. The molecule has 3 aromatic rings. The molecule has 0 unspecified atom stereocenters. The molecule has 1 aliphatic rings. The monoisotopic (exact) mass is 554 g/mol. The molecule has 210 valence electrons. The van der Waals surface area contributed by atoms with E-state index in [4.69, 9.17) is 32.5 Å². The van der Waals surface area contributed by atoms with Crippen LogP contribution in [0.4, 0.5) is 0 Å². The predicted molar refractivity (Wildman–Crippen MR) is 151 cm³/mol. The van der Waals surface area contributed by atoms with E-state index in [2.05, 4.69) is 12.1 Å². The Hall–Kier alpha value is -2.19. The highest BCUT2D eigenvalue weighted by molar-refractivity contribution is 7.41. The zero-order chi connectivity index (χ0) is 27.1. The van der Waals surface area contributed by atoms with Crippen LogP contribution in [0.5, 0.6) is 0 Å². The number of hydrogen-bond donors (Lipinski definition) is 0. The van der Waals surface area contributed by atoms with Gasteiger partial charge in [-0.15, -0.1) is 0 Å². The van der Waals surface area contributed by atoms with Gasteiger partial charge in [-0.2, -0.15) is 0 Å². The molecule has 0 radical (unpaired) electrons. The molecule has 0 amide bonds. The molecular formula is C31H39O7P. The van der Waals surface area contributed by atoms with Crippen molar-refractivity contribution in [1.29, 1.82) is 0 Å². The molecule has 39 heavy (non-hydrogen) atoms. The van der Waals surface area contributed by atoms with Crippen molar-refractivity contribution >= 4 is 8.60 Å². The van der Waals surface area contributed by atoms with Gasteiger partial charge in [-0.1, -0.05) is 91.0 Å². The Kier molecular flexibility index (Phi) is 12.8. The lowest BCUT2D eigenvalue weighted by Gasteiger charge is -2.41. The summed E-state index contributed by atoms with van der Waals surface area (Å²) in [6.45, 7) is 6.48. The van der Waals surface area contributed by atoms with Crippen molar-refractivity contribution in [2.24, 2.45) is 0 Å². The second-order valence-corrected chi connectivity index (χ2v) is 10.3. The summed E-state index contributed by atoms with van der Waals surface area (Å²) < 4.78 is 43.1. The average molecular weight is 555 g/mol. The highest BCUT2D eigenvalue weighted by Gasteiger charge is 2.42. The Bertz CT molecular complexity index is 1030. The summed E-state index contributed by atoms with van der Waals surface area (Å²) >= 11 is 0. The maximum atomic E-state index is 6.49. The summed E-state index contributed by atoms with van der Waals surface area (Å²) in [5, 5.41) is 0. The fourth-order valence-electron chi connectivity index (χ4n) is 4.29. The van der Waals surface area contributed by atoms with E-state index in [0.29, 0.717) is 46.1 Å². The number of ether oxygens (including phenoxy) is 4. The molecule has 0 aliphatic carbocycles. The van der Waals surface area contributed by atoms with Crippen LogP contribution in [0, 0.1) is 0 Å². The molecular weight excluding hydrogens is 515 g/mol. The summed E-state index contributed by atoms with van der Waals surface area (Å²) in [5.74, 6) is 0. The minimum atomic E-state index is -1.54. The van der Waals surface area contributed by atoms with Gasteiger partial charge in [0.2, 0.25) is 0 Å². The minimum absolute atomic E-state index is 0.293. The van der Waals surface area contributed by atoms with Crippen LogP contribution in [0.15, 0.2) is 91.0 Å². The summed E-state index contributed by atoms with van der Waals surface area (Å²) in [7, 11) is -1.54. The molecule has 4 rings (SSSR count). The topological polar surface area (TPSA) is 64.6 Å². The van der Waals surface area contributed by atoms with Crippen LogP contribution in [-0.4, -0.2) is 44.4 Å². The summed E-state index contributed by atoms with van der Waals surface area (Å²) in [6.07, 6.45) is -1.19. The summed E-state index contributed by atoms with van der Waals surface area (Å²) in [6, 6.07) is 30.3. The molecule has 0 N–H and O–H groups in total.